The third kappa shape index (κ3) is 3.21. The lowest BCUT2D eigenvalue weighted by Gasteiger charge is -2.11. The molecule has 1 fully saturated rings. The summed E-state index contributed by atoms with van der Waals surface area (Å²) in [5, 5.41) is 2.43. The lowest BCUT2D eigenvalue weighted by atomic mass is 10.1. The Kier molecular flexibility index (Phi) is 4.96. The quantitative estimate of drug-likeness (QED) is 0.320. The maximum absolute atomic E-state index is 12.6. The van der Waals surface area contributed by atoms with Crippen molar-refractivity contribution in [2.45, 2.75) is 13.8 Å². The molecule has 1 saturated heterocycles. The van der Waals surface area contributed by atoms with Gasteiger partial charge in [0.2, 0.25) is 0 Å². The van der Waals surface area contributed by atoms with Gasteiger partial charge < -0.3 is 4.57 Å². The van der Waals surface area contributed by atoms with Crippen molar-refractivity contribution in [1.29, 1.82) is 0 Å². The highest BCUT2D eigenvalue weighted by atomic mass is 32.2. The molecule has 1 aliphatic rings. The standard InChI is InChI=1S/C23H20N2OS2/c1-4-11-24-22(26)21(28-23(24)27)14-19-12-15(2)25(16(19)3)20-10-9-17-7-5-6-8-18(17)13-20/h4-10,12-14H,1,11H2,2-3H3/b21-14-. The molecule has 0 bridgehead atoms. The summed E-state index contributed by atoms with van der Waals surface area (Å²) >= 11 is 6.69. The highest BCUT2D eigenvalue weighted by molar-refractivity contribution is 8.26. The average Bonchev–Trinajstić information content (AvgIpc) is 3.11. The number of nitrogens with zero attached hydrogens (tertiary/aromatic N) is 2. The van der Waals surface area contributed by atoms with Gasteiger partial charge in [-0.15, -0.1) is 6.58 Å². The maximum Gasteiger partial charge on any atom is 0.266 e. The molecular weight excluding hydrogens is 384 g/mol. The molecule has 1 amide bonds. The van der Waals surface area contributed by atoms with Gasteiger partial charge in [0.25, 0.3) is 5.91 Å². The van der Waals surface area contributed by atoms with Crippen molar-refractivity contribution in [3.63, 3.8) is 0 Å². The number of thioether (sulfide) groups is 1. The predicted octanol–water partition coefficient (Wildman–Crippen LogP) is 5.63. The van der Waals surface area contributed by atoms with Gasteiger partial charge in [-0.2, -0.15) is 0 Å². The SMILES string of the molecule is C=CCN1C(=O)/C(=C/c2cc(C)n(-c3ccc4ccccc4c3)c2C)SC1=S. The number of rotatable bonds is 4. The van der Waals surface area contributed by atoms with Gasteiger partial charge in [0.1, 0.15) is 4.32 Å². The summed E-state index contributed by atoms with van der Waals surface area (Å²) in [5.41, 5.74) is 4.37. The van der Waals surface area contributed by atoms with E-state index in [-0.39, 0.29) is 5.91 Å². The fourth-order valence-corrected chi connectivity index (χ4v) is 4.84. The van der Waals surface area contributed by atoms with Crippen LogP contribution in [-0.2, 0) is 4.79 Å². The van der Waals surface area contributed by atoms with E-state index in [1.807, 2.05) is 6.08 Å². The molecule has 0 radical (unpaired) electrons. The molecule has 140 valence electrons. The molecule has 5 heteroatoms. The normalized spacial score (nSPS) is 15.8. The molecule has 1 aromatic heterocycles. The predicted molar refractivity (Wildman–Crippen MR) is 123 cm³/mol. The largest absolute Gasteiger partial charge is 0.318 e. The minimum absolute atomic E-state index is 0.0505. The zero-order chi connectivity index (χ0) is 19.8. The average molecular weight is 405 g/mol. The van der Waals surface area contributed by atoms with Crippen LogP contribution in [0, 0.1) is 13.8 Å². The third-order valence-electron chi connectivity index (χ3n) is 4.93. The summed E-state index contributed by atoms with van der Waals surface area (Å²) < 4.78 is 2.81. The molecule has 3 aromatic rings. The molecule has 4 rings (SSSR count). The van der Waals surface area contributed by atoms with E-state index in [9.17, 15) is 4.79 Å². The van der Waals surface area contributed by atoms with Crippen LogP contribution in [0.4, 0.5) is 0 Å². The molecule has 3 nitrogen and oxygen atoms in total. The Balaban J connectivity index is 1.74. The number of aromatic nitrogens is 1. The minimum Gasteiger partial charge on any atom is -0.318 e. The second-order valence-electron chi connectivity index (χ2n) is 6.77. The molecule has 0 saturated carbocycles. The van der Waals surface area contributed by atoms with E-state index in [0.29, 0.717) is 15.8 Å². The Bertz CT molecular complexity index is 1160. The molecule has 0 N–H and O–H groups in total. The lowest BCUT2D eigenvalue weighted by Crippen LogP contribution is -2.27. The number of carbonyl (C=O) groups excluding carboxylic acids is 1. The van der Waals surface area contributed by atoms with E-state index in [2.05, 4.69) is 73.5 Å². The second kappa shape index (κ2) is 7.41. The van der Waals surface area contributed by atoms with Crippen molar-refractivity contribution in [2.75, 3.05) is 6.54 Å². The number of hydrogen-bond acceptors (Lipinski definition) is 3. The van der Waals surface area contributed by atoms with Crippen LogP contribution in [0.15, 0.2) is 66.1 Å². The summed E-state index contributed by atoms with van der Waals surface area (Å²) in [5.74, 6) is -0.0505. The first-order valence-electron chi connectivity index (χ1n) is 9.04. The first kappa shape index (κ1) is 18.7. The van der Waals surface area contributed by atoms with Gasteiger partial charge in [-0.05, 0) is 54.5 Å². The van der Waals surface area contributed by atoms with Crippen LogP contribution in [0.1, 0.15) is 17.0 Å². The van der Waals surface area contributed by atoms with E-state index >= 15 is 0 Å². The molecule has 2 heterocycles. The number of fused-ring (bicyclic) bond motifs is 1. The van der Waals surface area contributed by atoms with Crippen LogP contribution in [0.3, 0.4) is 0 Å². The van der Waals surface area contributed by atoms with Crippen LogP contribution in [0.5, 0.6) is 0 Å². The number of amides is 1. The van der Waals surface area contributed by atoms with Crippen molar-refractivity contribution in [1.82, 2.24) is 9.47 Å². The third-order valence-corrected chi connectivity index (χ3v) is 6.31. The molecule has 0 aliphatic carbocycles. The topological polar surface area (TPSA) is 25.2 Å². The first-order chi connectivity index (χ1) is 13.5. The summed E-state index contributed by atoms with van der Waals surface area (Å²) in [6.07, 6.45) is 3.64. The number of aryl methyl sites for hydroxylation is 1. The molecule has 2 aromatic carbocycles. The van der Waals surface area contributed by atoms with Gasteiger partial charge >= 0.3 is 0 Å². The zero-order valence-electron chi connectivity index (χ0n) is 15.8. The molecule has 0 atom stereocenters. The van der Waals surface area contributed by atoms with Crippen LogP contribution in [-0.4, -0.2) is 26.2 Å². The number of carbonyl (C=O) groups is 1. The first-order valence-corrected chi connectivity index (χ1v) is 10.3. The second-order valence-corrected chi connectivity index (χ2v) is 8.45. The van der Waals surface area contributed by atoms with E-state index in [0.717, 1.165) is 22.6 Å². The van der Waals surface area contributed by atoms with E-state index in [1.54, 1.807) is 11.0 Å². The fraction of sp³-hybridized carbons (Fsp3) is 0.130. The van der Waals surface area contributed by atoms with Crippen LogP contribution >= 0.6 is 24.0 Å². The monoisotopic (exact) mass is 404 g/mol. The molecule has 28 heavy (non-hydrogen) atoms. The minimum atomic E-state index is -0.0505. The zero-order valence-corrected chi connectivity index (χ0v) is 17.4. The molecule has 0 unspecified atom stereocenters. The van der Waals surface area contributed by atoms with Crippen LogP contribution < -0.4 is 0 Å². The summed E-state index contributed by atoms with van der Waals surface area (Å²) in [4.78, 5) is 14.9. The van der Waals surface area contributed by atoms with Crippen molar-refractivity contribution in [3.05, 3.63) is 83.0 Å². The van der Waals surface area contributed by atoms with Crippen molar-refractivity contribution >= 4 is 51.1 Å². The molecule has 0 spiro atoms. The van der Waals surface area contributed by atoms with Gasteiger partial charge in [-0.1, -0.05) is 60.4 Å². The van der Waals surface area contributed by atoms with Crippen molar-refractivity contribution < 1.29 is 4.79 Å². The summed E-state index contributed by atoms with van der Waals surface area (Å²) in [6.45, 7) is 8.31. The summed E-state index contributed by atoms with van der Waals surface area (Å²) in [6, 6.07) is 16.9. The van der Waals surface area contributed by atoms with Crippen molar-refractivity contribution in [3.8, 4) is 5.69 Å². The van der Waals surface area contributed by atoms with Gasteiger partial charge in [0, 0.05) is 23.6 Å². The Morgan fingerprint density at radius 2 is 1.86 bits per heavy atom. The lowest BCUT2D eigenvalue weighted by molar-refractivity contribution is -0.121. The van der Waals surface area contributed by atoms with E-state index < -0.39 is 0 Å². The number of thiocarbonyl (C=S) groups is 1. The van der Waals surface area contributed by atoms with Gasteiger partial charge in [0.15, 0.2) is 0 Å². The Labute approximate surface area is 174 Å². The highest BCUT2D eigenvalue weighted by Gasteiger charge is 2.31. The van der Waals surface area contributed by atoms with E-state index in [1.165, 1.54) is 22.5 Å². The van der Waals surface area contributed by atoms with Crippen LogP contribution in [0.2, 0.25) is 0 Å². The van der Waals surface area contributed by atoms with Crippen molar-refractivity contribution in [2.24, 2.45) is 0 Å². The molecule has 1 aliphatic heterocycles. The maximum atomic E-state index is 12.6. The highest BCUT2D eigenvalue weighted by Crippen LogP contribution is 2.34. The Morgan fingerprint density at radius 1 is 1.11 bits per heavy atom. The Hall–Kier alpha value is -2.63. The van der Waals surface area contributed by atoms with Gasteiger partial charge in [-0.25, -0.2) is 0 Å². The summed E-state index contributed by atoms with van der Waals surface area (Å²) in [7, 11) is 0. The molecular formula is C23H20N2OS2. The number of hydrogen-bond donors (Lipinski definition) is 0. The van der Waals surface area contributed by atoms with Gasteiger partial charge in [0.05, 0.1) is 4.91 Å². The van der Waals surface area contributed by atoms with Gasteiger partial charge in [-0.3, -0.25) is 9.69 Å². The number of benzene rings is 2. The Morgan fingerprint density at radius 3 is 2.61 bits per heavy atom. The van der Waals surface area contributed by atoms with E-state index in [4.69, 9.17) is 12.2 Å². The van der Waals surface area contributed by atoms with Crippen LogP contribution in [0.25, 0.3) is 22.5 Å². The fourth-order valence-electron chi connectivity index (χ4n) is 3.57. The smallest absolute Gasteiger partial charge is 0.266 e.